The molecule has 4 saturated heterocycles. The Balaban J connectivity index is 0.000000151. The van der Waals surface area contributed by atoms with Crippen LogP contribution in [0.2, 0.25) is 0 Å². The highest BCUT2D eigenvalue weighted by atomic mass is 16.6. The molecule has 12 heteroatoms. The summed E-state index contributed by atoms with van der Waals surface area (Å²) in [4.78, 5) is 93.6. The maximum atomic E-state index is 12.2. The number of hydrogen-bond donors (Lipinski definition) is 0. The van der Waals surface area contributed by atoms with Crippen LogP contribution >= 0.6 is 0 Å². The molecule has 6 fully saturated rings. The maximum absolute atomic E-state index is 12.2. The van der Waals surface area contributed by atoms with Gasteiger partial charge in [0.1, 0.15) is 0 Å². The van der Waals surface area contributed by atoms with Crippen molar-refractivity contribution < 1.29 is 57.3 Å². The molecular weight excluding hydrogens is 528 g/mol. The van der Waals surface area contributed by atoms with E-state index in [2.05, 4.69) is 9.47 Å². The van der Waals surface area contributed by atoms with Crippen molar-refractivity contribution >= 4 is 47.8 Å². The van der Waals surface area contributed by atoms with Crippen molar-refractivity contribution in [1.82, 2.24) is 0 Å². The summed E-state index contributed by atoms with van der Waals surface area (Å²) in [6, 6.07) is 9.25. The molecule has 208 valence electrons. The lowest BCUT2D eigenvalue weighted by atomic mass is 9.59. The molecule has 2 saturated carbocycles. The van der Waals surface area contributed by atoms with Gasteiger partial charge in [-0.2, -0.15) is 0 Å². The average molecular weight is 552 g/mol. The molecule has 6 aliphatic rings. The predicted molar refractivity (Wildman–Crippen MR) is 125 cm³/mol. The smallest absolute Gasteiger partial charge is 0.320 e. The summed E-state index contributed by atoms with van der Waals surface area (Å²) in [5.74, 6) is -7.17. The Morgan fingerprint density at radius 1 is 0.550 bits per heavy atom. The zero-order valence-corrected chi connectivity index (χ0v) is 21.1. The first-order chi connectivity index (χ1) is 19.0. The zero-order chi connectivity index (χ0) is 28.4. The van der Waals surface area contributed by atoms with E-state index in [1.807, 2.05) is 30.3 Å². The number of fused-ring (bicyclic) bond motifs is 2. The van der Waals surface area contributed by atoms with Crippen molar-refractivity contribution in [3.63, 3.8) is 0 Å². The maximum Gasteiger partial charge on any atom is 0.320 e. The molecule has 0 amide bonds. The van der Waals surface area contributed by atoms with Gasteiger partial charge in [0.25, 0.3) is 0 Å². The molecule has 2 aliphatic carbocycles. The average Bonchev–Trinajstić information content (AvgIpc) is 3.55. The second kappa shape index (κ2) is 9.17. The molecule has 1 aromatic carbocycles. The number of benzene rings is 1. The zero-order valence-electron chi connectivity index (χ0n) is 21.1. The van der Waals surface area contributed by atoms with Crippen LogP contribution < -0.4 is 0 Å². The molecule has 0 aromatic heterocycles. The second-order valence-corrected chi connectivity index (χ2v) is 11.4. The van der Waals surface area contributed by atoms with Crippen LogP contribution in [0.15, 0.2) is 30.3 Å². The standard InChI is InChI=1S/C17H14O6.C11H10O6/c18-12-8-17(16(21)22-12)6-10(9-4-2-1-3-5-9)13-11(7-17)14(19)23-15(13)20;12-7-4-11(10(15)16-7)2-1-5-6(3-11)9(14)17-8(5)13/h1-5,10-11,13H,6-8H2;5-6H,1-4H2. The lowest BCUT2D eigenvalue weighted by Crippen LogP contribution is -2.42. The first kappa shape index (κ1) is 26.0. The van der Waals surface area contributed by atoms with Gasteiger partial charge >= 0.3 is 47.8 Å². The van der Waals surface area contributed by atoms with Crippen LogP contribution in [0.4, 0.5) is 0 Å². The first-order valence-electron chi connectivity index (χ1n) is 13.1. The molecule has 2 spiro atoms. The highest BCUT2D eigenvalue weighted by molar-refractivity contribution is 6.02. The van der Waals surface area contributed by atoms with E-state index in [9.17, 15) is 38.4 Å². The van der Waals surface area contributed by atoms with E-state index in [1.54, 1.807) is 0 Å². The van der Waals surface area contributed by atoms with E-state index in [1.165, 1.54) is 0 Å². The number of cyclic esters (lactones) is 8. The Kier molecular flexibility index (Phi) is 5.97. The number of hydrogen-bond acceptors (Lipinski definition) is 12. The third-order valence-corrected chi connectivity index (χ3v) is 9.17. The Morgan fingerprint density at radius 2 is 1.07 bits per heavy atom. The van der Waals surface area contributed by atoms with Gasteiger partial charge in [0, 0.05) is 0 Å². The second-order valence-electron chi connectivity index (χ2n) is 11.4. The minimum Gasteiger partial charge on any atom is -0.393 e. The summed E-state index contributed by atoms with van der Waals surface area (Å²) in [6.07, 6.45) is 1.41. The molecule has 7 rings (SSSR count). The fourth-order valence-corrected chi connectivity index (χ4v) is 7.21. The van der Waals surface area contributed by atoms with E-state index in [0.29, 0.717) is 19.3 Å². The fraction of sp³-hybridized carbons (Fsp3) is 0.500. The third-order valence-electron chi connectivity index (χ3n) is 9.17. The van der Waals surface area contributed by atoms with Crippen molar-refractivity contribution in [2.24, 2.45) is 34.5 Å². The molecule has 7 atom stereocenters. The van der Waals surface area contributed by atoms with E-state index >= 15 is 0 Å². The first-order valence-corrected chi connectivity index (χ1v) is 13.1. The Hall–Kier alpha value is -4.22. The summed E-state index contributed by atoms with van der Waals surface area (Å²) in [7, 11) is 0. The summed E-state index contributed by atoms with van der Waals surface area (Å²) >= 11 is 0. The largest absolute Gasteiger partial charge is 0.393 e. The number of esters is 8. The highest BCUT2D eigenvalue weighted by Gasteiger charge is 2.63. The molecule has 40 heavy (non-hydrogen) atoms. The number of carbonyl (C=O) groups excluding carboxylic acids is 8. The van der Waals surface area contributed by atoms with Gasteiger partial charge in [-0.05, 0) is 43.6 Å². The van der Waals surface area contributed by atoms with Gasteiger partial charge in [0.15, 0.2) is 0 Å². The van der Waals surface area contributed by atoms with E-state index in [4.69, 9.17) is 9.47 Å². The lowest BCUT2D eigenvalue weighted by Gasteiger charge is -2.39. The minimum atomic E-state index is -1.03. The van der Waals surface area contributed by atoms with Crippen molar-refractivity contribution in [2.75, 3.05) is 0 Å². The summed E-state index contributed by atoms with van der Waals surface area (Å²) in [5, 5.41) is 0. The fourth-order valence-electron chi connectivity index (χ4n) is 7.21. The van der Waals surface area contributed by atoms with Crippen LogP contribution in [0.3, 0.4) is 0 Å². The van der Waals surface area contributed by atoms with Crippen LogP contribution in [-0.2, 0) is 57.3 Å². The van der Waals surface area contributed by atoms with Gasteiger partial charge in [-0.3, -0.25) is 38.4 Å². The molecular formula is C28H24O12. The molecule has 0 N–H and O–H groups in total. The molecule has 7 unspecified atom stereocenters. The van der Waals surface area contributed by atoms with Crippen molar-refractivity contribution in [1.29, 1.82) is 0 Å². The van der Waals surface area contributed by atoms with Gasteiger partial charge in [0.2, 0.25) is 0 Å². The van der Waals surface area contributed by atoms with Gasteiger partial charge in [-0.15, -0.1) is 0 Å². The third kappa shape index (κ3) is 4.04. The number of rotatable bonds is 1. The van der Waals surface area contributed by atoms with Crippen molar-refractivity contribution in [3.05, 3.63) is 35.9 Å². The molecule has 4 heterocycles. The van der Waals surface area contributed by atoms with E-state index < -0.39 is 82.3 Å². The monoisotopic (exact) mass is 552 g/mol. The summed E-state index contributed by atoms with van der Waals surface area (Å²) in [6.45, 7) is 0. The normalized spacial score (nSPS) is 38.0. The van der Waals surface area contributed by atoms with E-state index in [0.717, 1.165) is 5.56 Å². The van der Waals surface area contributed by atoms with Gasteiger partial charge in [-0.1, -0.05) is 30.3 Å². The predicted octanol–water partition coefficient (Wildman–Crippen LogP) is 1.29. The SMILES string of the molecule is O=C1CC2(CC3C(=O)OC(=O)C3C(c3ccccc3)C2)C(=O)O1.O=C1CC2(CCC3C(=O)OC(=O)C3C2)C(=O)O1. The molecule has 1 aromatic rings. The van der Waals surface area contributed by atoms with Crippen LogP contribution in [0, 0.1) is 34.5 Å². The Bertz CT molecular complexity index is 1380. The molecule has 4 aliphatic heterocycles. The Labute approximate surface area is 226 Å². The van der Waals surface area contributed by atoms with E-state index in [-0.39, 0.29) is 31.6 Å². The van der Waals surface area contributed by atoms with Crippen molar-refractivity contribution in [2.45, 2.75) is 50.9 Å². The Morgan fingerprint density at radius 3 is 1.70 bits per heavy atom. The minimum absolute atomic E-state index is 0.0104. The summed E-state index contributed by atoms with van der Waals surface area (Å²) in [5.41, 5.74) is -1.06. The van der Waals surface area contributed by atoms with Gasteiger partial charge < -0.3 is 18.9 Å². The van der Waals surface area contributed by atoms with Crippen molar-refractivity contribution in [3.8, 4) is 0 Å². The molecule has 0 bridgehead atoms. The summed E-state index contributed by atoms with van der Waals surface area (Å²) < 4.78 is 18.7. The lowest BCUT2D eigenvalue weighted by molar-refractivity contribution is -0.158. The quantitative estimate of drug-likeness (QED) is 0.278. The number of carbonyl (C=O) groups is 8. The van der Waals surface area contributed by atoms with Gasteiger partial charge in [-0.25, -0.2) is 0 Å². The van der Waals surface area contributed by atoms with Gasteiger partial charge in [0.05, 0.1) is 47.3 Å². The van der Waals surface area contributed by atoms with Crippen LogP contribution in [0.25, 0.3) is 0 Å². The topological polar surface area (TPSA) is 173 Å². The van der Waals surface area contributed by atoms with Crippen LogP contribution in [0.1, 0.15) is 56.4 Å². The molecule has 12 nitrogen and oxygen atoms in total. The number of ether oxygens (including phenoxy) is 4. The van der Waals surface area contributed by atoms with Crippen LogP contribution in [0.5, 0.6) is 0 Å². The van der Waals surface area contributed by atoms with Crippen LogP contribution in [-0.4, -0.2) is 47.8 Å². The molecule has 0 radical (unpaired) electrons. The highest BCUT2D eigenvalue weighted by Crippen LogP contribution is 2.56.